The Kier molecular flexibility index (Phi) is 3.77. The summed E-state index contributed by atoms with van der Waals surface area (Å²) in [5, 5.41) is 10.1. The Morgan fingerprint density at radius 3 is 2.53 bits per heavy atom. The van der Waals surface area contributed by atoms with Crippen molar-refractivity contribution in [2.24, 2.45) is 11.3 Å². The zero-order valence-electron chi connectivity index (χ0n) is 10.7. The van der Waals surface area contributed by atoms with Crippen LogP contribution >= 0.6 is 0 Å². The second-order valence-electron chi connectivity index (χ2n) is 5.56. The number of allylic oxidation sites excluding steroid dienone is 2. The number of aliphatic hydroxyl groups is 1. The van der Waals surface area contributed by atoms with Gasteiger partial charge < -0.3 is 5.11 Å². The van der Waals surface area contributed by atoms with Gasteiger partial charge in [-0.05, 0) is 43.6 Å². The van der Waals surface area contributed by atoms with Gasteiger partial charge in [0.05, 0.1) is 6.10 Å². The summed E-state index contributed by atoms with van der Waals surface area (Å²) < 4.78 is 0. The lowest BCUT2D eigenvalue weighted by atomic mass is 9.67. The Morgan fingerprint density at radius 2 is 2.07 bits per heavy atom. The maximum absolute atomic E-state index is 10.1. The molecule has 86 valence electrons. The number of hydrogen-bond donors (Lipinski definition) is 1. The molecule has 0 aromatic carbocycles. The molecule has 0 aromatic heterocycles. The van der Waals surface area contributed by atoms with E-state index in [0.717, 1.165) is 12.3 Å². The minimum absolute atomic E-state index is 0.140. The first-order chi connectivity index (χ1) is 6.88. The Labute approximate surface area is 93.9 Å². The molecule has 1 heteroatoms. The summed E-state index contributed by atoms with van der Waals surface area (Å²) in [6.45, 7) is 10.9. The average Bonchev–Trinajstić information content (AvgIpc) is 1.99. The second kappa shape index (κ2) is 4.52. The van der Waals surface area contributed by atoms with E-state index in [2.05, 4.69) is 27.7 Å². The molecule has 2 atom stereocenters. The van der Waals surface area contributed by atoms with Crippen molar-refractivity contribution in [3.05, 3.63) is 23.3 Å². The van der Waals surface area contributed by atoms with Crippen LogP contribution < -0.4 is 0 Å². The number of hydrogen-bond acceptors (Lipinski definition) is 1. The van der Waals surface area contributed by atoms with Crippen LogP contribution in [0.15, 0.2) is 23.3 Å². The highest BCUT2D eigenvalue weighted by atomic mass is 16.3. The maximum Gasteiger partial charge on any atom is 0.0939 e. The molecule has 0 amide bonds. The molecular formula is C14H24O. The number of aliphatic hydroxyl groups excluding tert-OH is 1. The van der Waals surface area contributed by atoms with Gasteiger partial charge in [-0.25, -0.2) is 0 Å². The summed E-state index contributed by atoms with van der Waals surface area (Å²) in [5.41, 5.74) is 2.75. The first-order valence-electron chi connectivity index (χ1n) is 5.89. The fraction of sp³-hybridized carbons (Fsp3) is 0.714. The molecule has 0 saturated heterocycles. The Hall–Kier alpha value is -0.560. The van der Waals surface area contributed by atoms with Crippen LogP contribution in [0.3, 0.4) is 0 Å². The van der Waals surface area contributed by atoms with Crippen molar-refractivity contribution in [2.75, 3.05) is 0 Å². The quantitative estimate of drug-likeness (QED) is 0.686. The molecule has 0 fully saturated rings. The van der Waals surface area contributed by atoms with Gasteiger partial charge in [-0.2, -0.15) is 0 Å². The van der Waals surface area contributed by atoms with E-state index in [4.69, 9.17) is 0 Å². The van der Waals surface area contributed by atoms with Crippen molar-refractivity contribution in [3.8, 4) is 0 Å². The largest absolute Gasteiger partial charge is 0.385 e. The molecule has 2 unspecified atom stereocenters. The molecule has 0 bridgehead atoms. The van der Waals surface area contributed by atoms with Crippen LogP contribution in [0.1, 0.15) is 47.5 Å². The van der Waals surface area contributed by atoms with Crippen LogP contribution in [0.2, 0.25) is 0 Å². The van der Waals surface area contributed by atoms with Gasteiger partial charge in [-0.15, -0.1) is 0 Å². The van der Waals surface area contributed by atoms with Crippen molar-refractivity contribution >= 4 is 0 Å². The third-order valence-electron chi connectivity index (χ3n) is 3.37. The van der Waals surface area contributed by atoms with E-state index in [9.17, 15) is 5.11 Å². The van der Waals surface area contributed by atoms with Crippen LogP contribution in [0.25, 0.3) is 0 Å². The molecule has 0 radical (unpaired) electrons. The molecule has 1 rings (SSSR count). The molecule has 0 spiro atoms. The van der Waals surface area contributed by atoms with E-state index in [0.29, 0.717) is 0 Å². The molecule has 1 aliphatic rings. The molecule has 1 N–H and O–H groups in total. The van der Waals surface area contributed by atoms with Gasteiger partial charge in [-0.3, -0.25) is 0 Å². The van der Waals surface area contributed by atoms with Gasteiger partial charge in [0, 0.05) is 0 Å². The van der Waals surface area contributed by atoms with Gasteiger partial charge in [0.1, 0.15) is 0 Å². The van der Waals surface area contributed by atoms with E-state index in [1.165, 1.54) is 17.6 Å². The van der Waals surface area contributed by atoms with Crippen LogP contribution in [0, 0.1) is 11.3 Å². The fourth-order valence-corrected chi connectivity index (χ4v) is 3.19. The highest BCUT2D eigenvalue weighted by Gasteiger charge is 2.34. The molecule has 0 saturated carbocycles. The monoisotopic (exact) mass is 208 g/mol. The van der Waals surface area contributed by atoms with Gasteiger partial charge >= 0.3 is 0 Å². The van der Waals surface area contributed by atoms with Crippen LogP contribution in [-0.4, -0.2) is 11.2 Å². The van der Waals surface area contributed by atoms with Crippen molar-refractivity contribution in [1.82, 2.24) is 0 Å². The topological polar surface area (TPSA) is 20.2 Å². The summed E-state index contributed by atoms with van der Waals surface area (Å²) in [7, 11) is 0. The lowest BCUT2D eigenvalue weighted by Gasteiger charge is -2.39. The Bertz CT molecular complexity index is 284. The smallest absolute Gasteiger partial charge is 0.0939 e. The fourth-order valence-electron chi connectivity index (χ4n) is 3.19. The predicted molar refractivity (Wildman–Crippen MR) is 65.7 cm³/mol. The van der Waals surface area contributed by atoms with E-state index < -0.39 is 6.10 Å². The SMILES string of the molecule is CC=CC(O)C1=C(C)CC(C)CC1(C)C. The Morgan fingerprint density at radius 1 is 1.47 bits per heavy atom. The minimum Gasteiger partial charge on any atom is -0.385 e. The highest BCUT2D eigenvalue weighted by Crippen LogP contribution is 2.44. The standard InChI is InChI=1S/C14H24O/c1-6-7-12(15)13-11(3)8-10(2)9-14(13,4)5/h6-7,10,12,15H,8-9H2,1-5H3. The van der Waals surface area contributed by atoms with Crippen LogP contribution in [-0.2, 0) is 0 Å². The van der Waals surface area contributed by atoms with Crippen LogP contribution in [0.4, 0.5) is 0 Å². The number of rotatable bonds is 2. The maximum atomic E-state index is 10.1. The van der Waals surface area contributed by atoms with Gasteiger partial charge in [0.25, 0.3) is 0 Å². The van der Waals surface area contributed by atoms with Crippen molar-refractivity contribution in [1.29, 1.82) is 0 Å². The average molecular weight is 208 g/mol. The van der Waals surface area contributed by atoms with E-state index in [1.54, 1.807) is 0 Å². The van der Waals surface area contributed by atoms with Gasteiger partial charge in [0.15, 0.2) is 0 Å². The Balaban J connectivity index is 3.05. The third kappa shape index (κ3) is 2.72. The second-order valence-corrected chi connectivity index (χ2v) is 5.56. The summed E-state index contributed by atoms with van der Waals surface area (Å²) in [6.07, 6.45) is 5.73. The molecule has 0 aromatic rings. The van der Waals surface area contributed by atoms with E-state index in [1.807, 2.05) is 19.1 Å². The van der Waals surface area contributed by atoms with E-state index >= 15 is 0 Å². The van der Waals surface area contributed by atoms with Crippen molar-refractivity contribution < 1.29 is 5.11 Å². The zero-order chi connectivity index (χ0) is 11.6. The van der Waals surface area contributed by atoms with Gasteiger partial charge in [0.2, 0.25) is 0 Å². The molecule has 1 nitrogen and oxygen atoms in total. The molecule has 0 heterocycles. The lowest BCUT2D eigenvalue weighted by molar-refractivity contribution is 0.192. The first kappa shape index (κ1) is 12.5. The summed E-state index contributed by atoms with van der Waals surface area (Å²) in [6, 6.07) is 0. The molecular weight excluding hydrogens is 184 g/mol. The lowest BCUT2D eigenvalue weighted by Crippen LogP contribution is -2.31. The highest BCUT2D eigenvalue weighted by molar-refractivity contribution is 5.29. The molecule has 0 aliphatic heterocycles. The summed E-state index contributed by atoms with van der Waals surface area (Å²) >= 11 is 0. The summed E-state index contributed by atoms with van der Waals surface area (Å²) in [5.74, 6) is 0.738. The molecule has 1 aliphatic carbocycles. The van der Waals surface area contributed by atoms with Crippen LogP contribution in [0.5, 0.6) is 0 Å². The van der Waals surface area contributed by atoms with Crippen molar-refractivity contribution in [3.63, 3.8) is 0 Å². The van der Waals surface area contributed by atoms with Gasteiger partial charge in [-0.1, -0.05) is 38.5 Å². The van der Waals surface area contributed by atoms with E-state index in [-0.39, 0.29) is 5.41 Å². The molecule has 15 heavy (non-hydrogen) atoms. The first-order valence-corrected chi connectivity index (χ1v) is 5.89. The summed E-state index contributed by atoms with van der Waals surface area (Å²) in [4.78, 5) is 0. The zero-order valence-corrected chi connectivity index (χ0v) is 10.7. The predicted octanol–water partition coefficient (Wildman–Crippen LogP) is 3.70. The van der Waals surface area contributed by atoms with Crippen molar-refractivity contribution in [2.45, 2.75) is 53.6 Å². The minimum atomic E-state index is -0.391. The normalized spacial score (nSPS) is 28.5. The third-order valence-corrected chi connectivity index (χ3v) is 3.37.